The molecule has 0 unspecified atom stereocenters. The number of phenols is 1. The average molecular weight is 234 g/mol. The maximum atomic E-state index is 9.28. The first-order valence-corrected chi connectivity index (χ1v) is 5.84. The zero-order chi connectivity index (χ0) is 12.6. The lowest BCUT2D eigenvalue weighted by atomic mass is 10.1. The van der Waals surface area contributed by atoms with E-state index < -0.39 is 0 Å². The molecular formula is C17H14O. The van der Waals surface area contributed by atoms with Crippen LogP contribution in [0.2, 0.25) is 0 Å². The molecule has 2 aromatic carbocycles. The van der Waals surface area contributed by atoms with E-state index in [0.717, 1.165) is 12.0 Å². The highest BCUT2D eigenvalue weighted by Crippen LogP contribution is 2.09. The summed E-state index contributed by atoms with van der Waals surface area (Å²) in [5.41, 5.74) is 2.09. The van der Waals surface area contributed by atoms with Crippen LogP contribution in [-0.4, -0.2) is 5.11 Å². The minimum absolute atomic E-state index is 0.245. The topological polar surface area (TPSA) is 20.2 Å². The normalized spacial score (nSPS) is 10.0. The molecule has 2 rings (SSSR count). The van der Waals surface area contributed by atoms with Crippen molar-refractivity contribution < 1.29 is 5.11 Å². The van der Waals surface area contributed by atoms with Gasteiger partial charge in [0.1, 0.15) is 5.75 Å². The van der Waals surface area contributed by atoms with Crippen molar-refractivity contribution in [3.05, 3.63) is 77.9 Å². The molecule has 0 saturated heterocycles. The SMILES string of the molecule is Oc1cccc(C#C/C=C/Cc2ccccc2)c1. The Bertz CT molecular complexity index is 586. The predicted molar refractivity (Wildman–Crippen MR) is 74.3 cm³/mol. The van der Waals surface area contributed by atoms with E-state index in [1.54, 1.807) is 18.2 Å². The van der Waals surface area contributed by atoms with E-state index in [1.807, 2.05) is 36.4 Å². The van der Waals surface area contributed by atoms with Gasteiger partial charge in [-0.25, -0.2) is 0 Å². The Morgan fingerprint density at radius 3 is 2.61 bits per heavy atom. The van der Waals surface area contributed by atoms with Gasteiger partial charge < -0.3 is 5.11 Å². The van der Waals surface area contributed by atoms with Crippen molar-refractivity contribution in [2.45, 2.75) is 6.42 Å². The molecule has 0 spiro atoms. The monoisotopic (exact) mass is 234 g/mol. The summed E-state index contributed by atoms with van der Waals surface area (Å²) >= 11 is 0. The van der Waals surface area contributed by atoms with Crippen LogP contribution in [0.1, 0.15) is 11.1 Å². The Hall–Kier alpha value is -2.46. The second-order valence-corrected chi connectivity index (χ2v) is 3.91. The Kier molecular flexibility index (Phi) is 4.22. The van der Waals surface area contributed by atoms with Crippen molar-refractivity contribution in [1.82, 2.24) is 0 Å². The summed E-state index contributed by atoms with van der Waals surface area (Å²) in [6.07, 6.45) is 4.76. The number of aromatic hydroxyl groups is 1. The van der Waals surface area contributed by atoms with Crippen molar-refractivity contribution in [3.8, 4) is 17.6 Å². The van der Waals surface area contributed by atoms with E-state index in [1.165, 1.54) is 5.56 Å². The van der Waals surface area contributed by atoms with Crippen molar-refractivity contribution in [3.63, 3.8) is 0 Å². The highest BCUT2D eigenvalue weighted by molar-refractivity contribution is 5.41. The van der Waals surface area contributed by atoms with E-state index in [2.05, 4.69) is 24.0 Å². The molecule has 88 valence electrons. The summed E-state index contributed by atoms with van der Waals surface area (Å²) in [6.45, 7) is 0. The van der Waals surface area contributed by atoms with E-state index in [0.29, 0.717) is 0 Å². The molecule has 0 atom stereocenters. The average Bonchev–Trinajstić information content (AvgIpc) is 2.40. The quantitative estimate of drug-likeness (QED) is 0.788. The van der Waals surface area contributed by atoms with E-state index in [4.69, 9.17) is 0 Å². The standard InChI is InChI=1S/C17H14O/c18-17-13-7-12-16(14-17)11-6-2-5-10-15-8-3-1-4-9-15/h1-5,7-9,12-14,18H,10H2/b5-2+. The third kappa shape index (κ3) is 3.84. The molecule has 1 N–H and O–H groups in total. The second-order valence-electron chi connectivity index (χ2n) is 3.91. The van der Waals surface area contributed by atoms with Gasteiger partial charge in [0.15, 0.2) is 0 Å². The lowest BCUT2D eigenvalue weighted by Gasteiger charge is -1.92. The number of hydrogen-bond donors (Lipinski definition) is 1. The van der Waals surface area contributed by atoms with Crippen LogP contribution in [0, 0.1) is 11.8 Å². The molecule has 0 bridgehead atoms. The number of phenolic OH excluding ortho intramolecular Hbond substituents is 1. The van der Waals surface area contributed by atoms with Gasteiger partial charge in [-0.05, 0) is 36.3 Å². The highest BCUT2D eigenvalue weighted by atomic mass is 16.3. The zero-order valence-electron chi connectivity index (χ0n) is 10.0. The van der Waals surface area contributed by atoms with Gasteiger partial charge in [0.2, 0.25) is 0 Å². The Morgan fingerprint density at radius 2 is 1.83 bits per heavy atom. The second kappa shape index (κ2) is 6.32. The van der Waals surface area contributed by atoms with Crippen molar-refractivity contribution in [2.24, 2.45) is 0 Å². The van der Waals surface area contributed by atoms with E-state index in [-0.39, 0.29) is 5.75 Å². The first kappa shape index (κ1) is 12.0. The fourth-order valence-corrected chi connectivity index (χ4v) is 1.58. The summed E-state index contributed by atoms with van der Waals surface area (Å²) in [7, 11) is 0. The predicted octanol–water partition coefficient (Wildman–Crippen LogP) is 3.54. The van der Waals surface area contributed by atoms with Crippen LogP contribution in [-0.2, 0) is 6.42 Å². The molecule has 18 heavy (non-hydrogen) atoms. The van der Waals surface area contributed by atoms with E-state index in [9.17, 15) is 5.11 Å². The van der Waals surface area contributed by atoms with Crippen LogP contribution in [0.4, 0.5) is 0 Å². The van der Waals surface area contributed by atoms with Gasteiger partial charge in [-0.1, -0.05) is 54.3 Å². The molecule has 2 aromatic rings. The molecular weight excluding hydrogens is 220 g/mol. The number of benzene rings is 2. The summed E-state index contributed by atoms with van der Waals surface area (Å²) < 4.78 is 0. The Morgan fingerprint density at radius 1 is 1.00 bits per heavy atom. The number of rotatable bonds is 2. The minimum Gasteiger partial charge on any atom is -0.508 e. The van der Waals surface area contributed by atoms with Gasteiger partial charge in [-0.15, -0.1) is 0 Å². The van der Waals surface area contributed by atoms with Gasteiger partial charge in [0.05, 0.1) is 0 Å². The fourth-order valence-electron chi connectivity index (χ4n) is 1.58. The molecule has 0 aliphatic carbocycles. The molecule has 0 radical (unpaired) electrons. The molecule has 0 saturated carbocycles. The fraction of sp³-hybridized carbons (Fsp3) is 0.0588. The molecule has 1 nitrogen and oxygen atoms in total. The third-order valence-electron chi connectivity index (χ3n) is 2.46. The van der Waals surface area contributed by atoms with Crippen LogP contribution in [0.5, 0.6) is 5.75 Å². The zero-order valence-corrected chi connectivity index (χ0v) is 10.0. The lowest BCUT2D eigenvalue weighted by molar-refractivity contribution is 0.475. The summed E-state index contributed by atoms with van der Waals surface area (Å²) in [6, 6.07) is 17.2. The smallest absolute Gasteiger partial charge is 0.116 e. The molecule has 0 heterocycles. The summed E-state index contributed by atoms with van der Waals surface area (Å²) in [4.78, 5) is 0. The maximum Gasteiger partial charge on any atom is 0.116 e. The van der Waals surface area contributed by atoms with Crippen LogP contribution < -0.4 is 0 Å². The van der Waals surface area contributed by atoms with Gasteiger partial charge in [0.25, 0.3) is 0 Å². The molecule has 0 amide bonds. The minimum atomic E-state index is 0.245. The van der Waals surface area contributed by atoms with Crippen LogP contribution >= 0.6 is 0 Å². The van der Waals surface area contributed by atoms with Crippen molar-refractivity contribution in [1.29, 1.82) is 0 Å². The van der Waals surface area contributed by atoms with Crippen LogP contribution in [0.15, 0.2) is 66.7 Å². The molecule has 0 fully saturated rings. The Labute approximate surface area is 107 Å². The maximum absolute atomic E-state index is 9.28. The molecule has 0 aromatic heterocycles. The van der Waals surface area contributed by atoms with E-state index >= 15 is 0 Å². The molecule has 0 aliphatic heterocycles. The van der Waals surface area contributed by atoms with Gasteiger partial charge in [-0.2, -0.15) is 0 Å². The van der Waals surface area contributed by atoms with Gasteiger partial charge in [-0.3, -0.25) is 0 Å². The molecule has 0 aliphatic rings. The Balaban J connectivity index is 1.92. The lowest BCUT2D eigenvalue weighted by Crippen LogP contribution is -1.77. The highest BCUT2D eigenvalue weighted by Gasteiger charge is 1.87. The largest absolute Gasteiger partial charge is 0.508 e. The van der Waals surface area contributed by atoms with Crippen molar-refractivity contribution in [2.75, 3.05) is 0 Å². The number of allylic oxidation sites excluding steroid dienone is 2. The first-order valence-electron chi connectivity index (χ1n) is 5.84. The number of hydrogen-bond acceptors (Lipinski definition) is 1. The first-order chi connectivity index (χ1) is 8.84. The van der Waals surface area contributed by atoms with Crippen LogP contribution in [0.25, 0.3) is 0 Å². The molecule has 1 heteroatoms. The van der Waals surface area contributed by atoms with Crippen molar-refractivity contribution >= 4 is 0 Å². The van der Waals surface area contributed by atoms with Gasteiger partial charge in [0, 0.05) is 5.56 Å². The summed E-state index contributed by atoms with van der Waals surface area (Å²) in [5, 5.41) is 9.28. The van der Waals surface area contributed by atoms with Gasteiger partial charge >= 0.3 is 0 Å². The third-order valence-corrected chi connectivity index (χ3v) is 2.46. The summed E-state index contributed by atoms with van der Waals surface area (Å²) in [5.74, 6) is 6.18. The van der Waals surface area contributed by atoms with Crippen LogP contribution in [0.3, 0.4) is 0 Å².